The van der Waals surface area contributed by atoms with Crippen LogP contribution in [0.25, 0.3) is 0 Å². The molecule has 1 rings (SSSR count). The van der Waals surface area contributed by atoms with Crippen molar-refractivity contribution in [3.63, 3.8) is 0 Å². The molecule has 0 bridgehead atoms. The van der Waals surface area contributed by atoms with E-state index in [-0.39, 0.29) is 11.3 Å². The summed E-state index contributed by atoms with van der Waals surface area (Å²) in [5.41, 5.74) is 1.46. The number of carboxylic acid groups (broad SMARTS) is 1. The van der Waals surface area contributed by atoms with Crippen LogP contribution in [0.3, 0.4) is 0 Å². The van der Waals surface area contributed by atoms with Crippen LogP contribution < -0.4 is 0 Å². The van der Waals surface area contributed by atoms with Gasteiger partial charge >= 0.3 is 5.97 Å². The number of benzene rings is 1. The molecular formula is C12H13ClO4. The molecule has 0 radical (unpaired) electrons. The average molecular weight is 257 g/mol. The van der Waals surface area contributed by atoms with E-state index in [9.17, 15) is 14.7 Å². The minimum Gasteiger partial charge on any atom is -0.479 e. The Balaban J connectivity index is 3.19. The van der Waals surface area contributed by atoms with Crippen LogP contribution in [0.15, 0.2) is 18.2 Å². The predicted octanol–water partition coefficient (Wildman–Crippen LogP) is 1.98. The van der Waals surface area contributed by atoms with E-state index >= 15 is 0 Å². The summed E-state index contributed by atoms with van der Waals surface area (Å²) in [7, 11) is 0. The summed E-state index contributed by atoms with van der Waals surface area (Å²) in [6, 6.07) is 4.67. The Labute approximate surface area is 104 Å². The number of carbonyl (C=O) groups excluding carboxylic acids is 1. The van der Waals surface area contributed by atoms with Crippen LogP contribution in [0.2, 0.25) is 0 Å². The van der Waals surface area contributed by atoms with Crippen LogP contribution in [0.4, 0.5) is 0 Å². The summed E-state index contributed by atoms with van der Waals surface area (Å²) in [6.07, 6.45) is -1.61. The van der Waals surface area contributed by atoms with Crippen LogP contribution in [0.5, 0.6) is 0 Å². The van der Waals surface area contributed by atoms with E-state index in [1.807, 2.05) is 0 Å². The van der Waals surface area contributed by atoms with E-state index in [0.717, 1.165) is 5.56 Å². The Morgan fingerprint density at radius 2 is 1.76 bits per heavy atom. The molecule has 0 aromatic heterocycles. The van der Waals surface area contributed by atoms with Crippen LogP contribution >= 0.6 is 11.6 Å². The first-order valence-electron chi connectivity index (χ1n) is 5.00. The summed E-state index contributed by atoms with van der Waals surface area (Å²) in [6.45, 7) is 3.10. The number of aliphatic hydroxyl groups excluding tert-OH is 1. The van der Waals surface area contributed by atoms with Gasteiger partial charge in [-0.15, -0.1) is 11.6 Å². The first-order valence-corrected chi connectivity index (χ1v) is 5.43. The lowest BCUT2D eigenvalue weighted by molar-refractivity contribution is -0.146. The van der Waals surface area contributed by atoms with Crippen molar-refractivity contribution in [2.45, 2.75) is 25.3 Å². The number of hydrogen-bond donors (Lipinski definition) is 2. The highest BCUT2D eigenvalue weighted by molar-refractivity contribution is 6.30. The van der Waals surface area contributed by atoms with Crippen molar-refractivity contribution in [2.75, 3.05) is 0 Å². The van der Waals surface area contributed by atoms with Crippen molar-refractivity contribution >= 4 is 23.4 Å². The molecule has 2 atom stereocenters. The molecule has 0 aliphatic heterocycles. The largest absolute Gasteiger partial charge is 0.479 e. The van der Waals surface area contributed by atoms with Gasteiger partial charge in [-0.05, 0) is 25.0 Å². The number of Topliss-reactive ketones (excluding diaryl/α,β-unsaturated/α-hetero) is 1. The molecule has 0 spiro atoms. The molecule has 4 nitrogen and oxygen atoms in total. The third kappa shape index (κ3) is 3.28. The first-order chi connectivity index (χ1) is 7.82. The molecule has 5 heteroatoms. The number of hydrogen-bond acceptors (Lipinski definition) is 3. The van der Waals surface area contributed by atoms with Crippen molar-refractivity contribution in [3.05, 3.63) is 34.9 Å². The minimum absolute atomic E-state index is 0.222. The number of halogens is 1. The molecule has 0 saturated carbocycles. The minimum atomic E-state index is -1.61. The lowest BCUT2D eigenvalue weighted by Crippen LogP contribution is -2.12. The van der Waals surface area contributed by atoms with Gasteiger partial charge in [0.1, 0.15) is 5.38 Å². The number of aliphatic hydroxyl groups is 1. The summed E-state index contributed by atoms with van der Waals surface area (Å²) in [5.74, 6) is -1.57. The van der Waals surface area contributed by atoms with E-state index in [1.54, 1.807) is 19.1 Å². The highest BCUT2D eigenvalue weighted by Crippen LogP contribution is 2.26. The molecule has 0 aliphatic carbocycles. The maximum absolute atomic E-state index is 11.2. The monoisotopic (exact) mass is 256 g/mol. The zero-order chi connectivity index (χ0) is 13.2. The van der Waals surface area contributed by atoms with Crippen molar-refractivity contribution in [2.24, 2.45) is 0 Å². The number of alkyl halides is 1. The molecule has 0 heterocycles. The van der Waals surface area contributed by atoms with E-state index in [0.29, 0.717) is 5.56 Å². The van der Waals surface area contributed by atoms with E-state index < -0.39 is 17.5 Å². The number of ketones is 1. The zero-order valence-electron chi connectivity index (χ0n) is 9.48. The van der Waals surface area contributed by atoms with Gasteiger partial charge in [0.25, 0.3) is 0 Å². The topological polar surface area (TPSA) is 74.6 Å². The van der Waals surface area contributed by atoms with E-state index in [4.69, 9.17) is 16.7 Å². The third-order valence-electron chi connectivity index (χ3n) is 2.32. The fraction of sp³-hybridized carbons (Fsp3) is 0.333. The smallest absolute Gasteiger partial charge is 0.337 e. The summed E-state index contributed by atoms with van der Waals surface area (Å²) in [5, 5.41) is 17.3. The first kappa shape index (κ1) is 13.7. The van der Waals surface area contributed by atoms with Gasteiger partial charge in [-0.1, -0.05) is 23.8 Å². The van der Waals surface area contributed by atoms with Gasteiger partial charge in [0.05, 0.1) is 0 Å². The van der Waals surface area contributed by atoms with Gasteiger partial charge in [0.15, 0.2) is 11.9 Å². The molecule has 0 amide bonds. The maximum atomic E-state index is 11.2. The Kier molecular flexibility index (Phi) is 4.26. The van der Waals surface area contributed by atoms with E-state index in [2.05, 4.69) is 0 Å². The quantitative estimate of drug-likeness (QED) is 0.808. The highest BCUT2D eigenvalue weighted by atomic mass is 35.5. The number of carboxylic acids is 1. The second kappa shape index (κ2) is 5.29. The van der Waals surface area contributed by atoms with Gasteiger partial charge in [-0.3, -0.25) is 4.79 Å². The Hall–Kier alpha value is -1.39. The van der Waals surface area contributed by atoms with Gasteiger partial charge in [-0.2, -0.15) is 0 Å². The fourth-order valence-corrected chi connectivity index (χ4v) is 1.65. The number of rotatable bonds is 4. The molecule has 0 fully saturated rings. The number of aryl methyl sites for hydroxylation is 1. The zero-order valence-corrected chi connectivity index (χ0v) is 10.2. The van der Waals surface area contributed by atoms with Crippen LogP contribution in [0.1, 0.15) is 35.1 Å². The molecule has 1 aromatic rings. The normalized spacial score (nSPS) is 14.1. The standard InChI is InChI=1S/C12H13ClO4/c1-6-3-8(10(13)7(2)14)5-9(4-6)11(15)12(16)17/h3-5,10-11,15H,1-2H3,(H,16,17). The lowest BCUT2D eigenvalue weighted by Gasteiger charge is -2.12. The molecule has 0 aliphatic rings. The summed E-state index contributed by atoms with van der Waals surface area (Å²) in [4.78, 5) is 21.8. The Morgan fingerprint density at radius 1 is 1.24 bits per heavy atom. The summed E-state index contributed by atoms with van der Waals surface area (Å²) >= 11 is 5.89. The van der Waals surface area contributed by atoms with Gasteiger partial charge < -0.3 is 10.2 Å². The molecule has 2 N–H and O–H groups in total. The van der Waals surface area contributed by atoms with Gasteiger partial charge in [-0.25, -0.2) is 4.79 Å². The highest BCUT2D eigenvalue weighted by Gasteiger charge is 2.20. The number of aliphatic carboxylic acids is 1. The number of carbonyl (C=O) groups is 2. The molecule has 0 saturated heterocycles. The second-order valence-corrected chi connectivity index (χ2v) is 4.33. The Bertz CT molecular complexity index is 418. The van der Waals surface area contributed by atoms with Crippen LogP contribution in [-0.4, -0.2) is 22.0 Å². The van der Waals surface area contributed by atoms with Crippen molar-refractivity contribution in [1.29, 1.82) is 0 Å². The fourth-order valence-electron chi connectivity index (χ4n) is 1.52. The maximum Gasteiger partial charge on any atom is 0.337 e. The van der Waals surface area contributed by atoms with Gasteiger partial charge in [0.2, 0.25) is 0 Å². The predicted molar refractivity (Wildman–Crippen MR) is 63.0 cm³/mol. The van der Waals surface area contributed by atoms with Crippen molar-refractivity contribution < 1.29 is 19.8 Å². The Morgan fingerprint density at radius 3 is 2.24 bits per heavy atom. The molecule has 1 aromatic carbocycles. The lowest BCUT2D eigenvalue weighted by atomic mass is 9.99. The van der Waals surface area contributed by atoms with Crippen LogP contribution in [-0.2, 0) is 9.59 Å². The molecular weight excluding hydrogens is 244 g/mol. The van der Waals surface area contributed by atoms with Crippen LogP contribution in [0, 0.1) is 6.92 Å². The van der Waals surface area contributed by atoms with E-state index in [1.165, 1.54) is 13.0 Å². The SMILES string of the molecule is CC(=O)C(Cl)c1cc(C)cc(C(O)C(=O)O)c1. The van der Waals surface area contributed by atoms with Crippen molar-refractivity contribution in [1.82, 2.24) is 0 Å². The molecule has 17 heavy (non-hydrogen) atoms. The van der Waals surface area contributed by atoms with Crippen molar-refractivity contribution in [3.8, 4) is 0 Å². The molecule has 92 valence electrons. The second-order valence-electron chi connectivity index (χ2n) is 3.89. The summed E-state index contributed by atoms with van der Waals surface area (Å²) < 4.78 is 0. The third-order valence-corrected chi connectivity index (χ3v) is 2.88. The van der Waals surface area contributed by atoms with Gasteiger partial charge in [0, 0.05) is 0 Å². The molecule has 2 unspecified atom stereocenters. The average Bonchev–Trinajstić information content (AvgIpc) is 2.25.